The second-order valence-corrected chi connectivity index (χ2v) is 4.47. The molecular formula is C16H20N2O. The van der Waals surface area contributed by atoms with Crippen molar-refractivity contribution in [2.45, 2.75) is 26.5 Å². The third kappa shape index (κ3) is 4.07. The predicted octanol–water partition coefficient (Wildman–Crippen LogP) is 2.94. The van der Waals surface area contributed by atoms with E-state index in [2.05, 4.69) is 41.5 Å². The minimum Gasteiger partial charge on any atom is -0.487 e. The van der Waals surface area contributed by atoms with Gasteiger partial charge in [-0.25, -0.2) is 0 Å². The zero-order valence-corrected chi connectivity index (χ0v) is 11.5. The first-order chi connectivity index (χ1) is 9.31. The monoisotopic (exact) mass is 256 g/mol. The maximum Gasteiger partial charge on any atom is 0.138 e. The molecule has 0 saturated carbocycles. The highest BCUT2D eigenvalue weighted by Gasteiger charge is 1.98. The van der Waals surface area contributed by atoms with Gasteiger partial charge in [0.25, 0.3) is 0 Å². The Balaban J connectivity index is 1.90. The SMILES string of the molecule is CCc1ccc(COc2ccc(CNC)nc2)cc1. The van der Waals surface area contributed by atoms with Crippen molar-refractivity contribution >= 4 is 0 Å². The summed E-state index contributed by atoms with van der Waals surface area (Å²) >= 11 is 0. The second-order valence-electron chi connectivity index (χ2n) is 4.47. The van der Waals surface area contributed by atoms with Crippen molar-refractivity contribution in [2.75, 3.05) is 7.05 Å². The molecule has 0 saturated heterocycles. The topological polar surface area (TPSA) is 34.1 Å². The Morgan fingerprint density at radius 1 is 1.05 bits per heavy atom. The largest absolute Gasteiger partial charge is 0.487 e. The molecule has 0 amide bonds. The van der Waals surface area contributed by atoms with E-state index >= 15 is 0 Å². The van der Waals surface area contributed by atoms with Crippen molar-refractivity contribution in [3.63, 3.8) is 0 Å². The van der Waals surface area contributed by atoms with Crippen LogP contribution in [-0.4, -0.2) is 12.0 Å². The highest BCUT2D eigenvalue weighted by molar-refractivity contribution is 5.24. The summed E-state index contributed by atoms with van der Waals surface area (Å²) in [5.74, 6) is 0.805. The molecule has 0 fully saturated rings. The Labute approximate surface area is 114 Å². The molecule has 1 N–H and O–H groups in total. The first-order valence-electron chi connectivity index (χ1n) is 6.62. The summed E-state index contributed by atoms with van der Waals surface area (Å²) < 4.78 is 5.72. The summed E-state index contributed by atoms with van der Waals surface area (Å²) in [4.78, 5) is 4.32. The fourth-order valence-corrected chi connectivity index (χ4v) is 1.82. The van der Waals surface area contributed by atoms with Gasteiger partial charge in [0.1, 0.15) is 12.4 Å². The molecule has 19 heavy (non-hydrogen) atoms. The van der Waals surface area contributed by atoms with Crippen LogP contribution in [0.3, 0.4) is 0 Å². The maximum absolute atomic E-state index is 5.72. The molecule has 3 heteroatoms. The van der Waals surface area contributed by atoms with E-state index in [1.165, 1.54) is 11.1 Å². The van der Waals surface area contributed by atoms with Gasteiger partial charge in [-0.3, -0.25) is 4.98 Å². The minimum atomic E-state index is 0.580. The molecule has 0 aliphatic rings. The van der Waals surface area contributed by atoms with Gasteiger partial charge in [-0.1, -0.05) is 31.2 Å². The second kappa shape index (κ2) is 6.90. The molecule has 0 unspecified atom stereocenters. The van der Waals surface area contributed by atoms with E-state index in [1.807, 2.05) is 19.2 Å². The molecule has 0 spiro atoms. The normalized spacial score (nSPS) is 10.4. The molecule has 3 nitrogen and oxygen atoms in total. The van der Waals surface area contributed by atoms with Crippen LogP contribution in [-0.2, 0) is 19.6 Å². The van der Waals surface area contributed by atoms with E-state index in [-0.39, 0.29) is 0 Å². The van der Waals surface area contributed by atoms with Crippen molar-refractivity contribution in [3.05, 3.63) is 59.4 Å². The molecular weight excluding hydrogens is 236 g/mol. The molecule has 1 heterocycles. The van der Waals surface area contributed by atoms with Crippen LogP contribution in [0.4, 0.5) is 0 Å². The van der Waals surface area contributed by atoms with Gasteiger partial charge in [-0.2, -0.15) is 0 Å². The number of nitrogens with zero attached hydrogens (tertiary/aromatic N) is 1. The standard InChI is InChI=1S/C16H20N2O/c1-3-13-4-6-14(7-5-13)12-19-16-9-8-15(10-17-2)18-11-16/h4-9,11,17H,3,10,12H2,1-2H3. The van der Waals surface area contributed by atoms with Gasteiger partial charge in [-0.05, 0) is 36.7 Å². The molecule has 0 aliphatic heterocycles. The zero-order valence-electron chi connectivity index (χ0n) is 11.5. The number of ether oxygens (including phenoxy) is 1. The van der Waals surface area contributed by atoms with Gasteiger partial charge in [0.2, 0.25) is 0 Å². The summed E-state index contributed by atoms with van der Waals surface area (Å²) in [5, 5.41) is 3.07. The van der Waals surface area contributed by atoms with Crippen molar-refractivity contribution in [1.29, 1.82) is 0 Å². The van der Waals surface area contributed by atoms with E-state index in [9.17, 15) is 0 Å². The lowest BCUT2D eigenvalue weighted by molar-refractivity contribution is 0.304. The average molecular weight is 256 g/mol. The summed E-state index contributed by atoms with van der Waals surface area (Å²) in [5.41, 5.74) is 3.54. The van der Waals surface area contributed by atoms with Crippen LogP contribution in [0.15, 0.2) is 42.6 Å². The predicted molar refractivity (Wildman–Crippen MR) is 77.2 cm³/mol. The number of aromatic nitrogens is 1. The molecule has 0 radical (unpaired) electrons. The van der Waals surface area contributed by atoms with E-state index in [0.29, 0.717) is 6.61 Å². The maximum atomic E-state index is 5.72. The average Bonchev–Trinajstić information content (AvgIpc) is 2.47. The molecule has 0 atom stereocenters. The Bertz CT molecular complexity index is 491. The van der Waals surface area contributed by atoms with E-state index in [0.717, 1.165) is 24.4 Å². The Morgan fingerprint density at radius 3 is 2.37 bits per heavy atom. The summed E-state index contributed by atoms with van der Waals surface area (Å²) in [6, 6.07) is 12.5. The van der Waals surface area contributed by atoms with Crippen molar-refractivity contribution < 1.29 is 4.74 Å². The number of nitrogens with one attached hydrogen (secondary N) is 1. The number of hydrogen-bond donors (Lipinski definition) is 1. The quantitative estimate of drug-likeness (QED) is 0.863. The van der Waals surface area contributed by atoms with Crippen LogP contribution in [0, 0.1) is 0 Å². The van der Waals surface area contributed by atoms with Crippen LogP contribution in [0.5, 0.6) is 5.75 Å². The molecule has 2 aromatic rings. The molecule has 100 valence electrons. The fraction of sp³-hybridized carbons (Fsp3) is 0.312. The van der Waals surface area contributed by atoms with Gasteiger partial charge < -0.3 is 10.1 Å². The van der Waals surface area contributed by atoms with Crippen LogP contribution < -0.4 is 10.1 Å². The first kappa shape index (κ1) is 13.6. The molecule has 1 aromatic heterocycles. The molecule has 1 aromatic carbocycles. The van der Waals surface area contributed by atoms with Gasteiger partial charge in [0.05, 0.1) is 11.9 Å². The van der Waals surface area contributed by atoms with Gasteiger partial charge >= 0.3 is 0 Å². The van der Waals surface area contributed by atoms with Crippen LogP contribution in [0.25, 0.3) is 0 Å². The Hall–Kier alpha value is -1.87. The van der Waals surface area contributed by atoms with Crippen molar-refractivity contribution in [1.82, 2.24) is 10.3 Å². The summed E-state index contributed by atoms with van der Waals surface area (Å²) in [6.45, 7) is 3.51. The van der Waals surface area contributed by atoms with Crippen LogP contribution in [0.2, 0.25) is 0 Å². The lowest BCUT2D eigenvalue weighted by atomic mass is 10.1. The van der Waals surface area contributed by atoms with Gasteiger partial charge in [-0.15, -0.1) is 0 Å². The highest BCUT2D eigenvalue weighted by Crippen LogP contribution is 2.12. The Morgan fingerprint density at radius 2 is 1.79 bits per heavy atom. The van der Waals surface area contributed by atoms with E-state index < -0.39 is 0 Å². The smallest absolute Gasteiger partial charge is 0.138 e. The fourth-order valence-electron chi connectivity index (χ4n) is 1.82. The Kier molecular flexibility index (Phi) is 4.93. The number of hydrogen-bond acceptors (Lipinski definition) is 3. The van der Waals surface area contributed by atoms with Crippen molar-refractivity contribution in [2.24, 2.45) is 0 Å². The molecule has 0 bridgehead atoms. The first-order valence-corrected chi connectivity index (χ1v) is 6.62. The van der Waals surface area contributed by atoms with Crippen LogP contribution >= 0.6 is 0 Å². The van der Waals surface area contributed by atoms with Crippen LogP contribution in [0.1, 0.15) is 23.7 Å². The number of pyridine rings is 1. The summed E-state index contributed by atoms with van der Waals surface area (Å²) in [7, 11) is 1.91. The molecule has 0 aliphatic carbocycles. The summed E-state index contributed by atoms with van der Waals surface area (Å²) in [6.07, 6.45) is 2.84. The minimum absolute atomic E-state index is 0.580. The zero-order chi connectivity index (χ0) is 13.5. The molecule has 2 rings (SSSR count). The van der Waals surface area contributed by atoms with E-state index in [1.54, 1.807) is 6.20 Å². The number of aryl methyl sites for hydroxylation is 1. The lowest BCUT2D eigenvalue weighted by Crippen LogP contribution is -2.06. The van der Waals surface area contributed by atoms with Crippen molar-refractivity contribution in [3.8, 4) is 5.75 Å². The highest BCUT2D eigenvalue weighted by atomic mass is 16.5. The van der Waals surface area contributed by atoms with Gasteiger partial charge in [0, 0.05) is 6.54 Å². The number of rotatable bonds is 6. The number of benzene rings is 1. The third-order valence-corrected chi connectivity index (χ3v) is 2.99. The third-order valence-electron chi connectivity index (χ3n) is 2.99. The lowest BCUT2D eigenvalue weighted by Gasteiger charge is -2.07. The van der Waals surface area contributed by atoms with Gasteiger partial charge in [0.15, 0.2) is 0 Å². The van der Waals surface area contributed by atoms with E-state index in [4.69, 9.17) is 4.74 Å².